The Balaban J connectivity index is 4.30. The standard InChI is InChI=1S/C35H72NO7P/c1-6-8-10-12-14-16-18-19-20-22-24-26-28-35(37)43-34(33-42-44(38,39)41-31-29-36(3,4)5)32-40-30-27-25-23-21-17-15-13-11-9-7-2/h34H,6-33H2,1-5H3. The van der Waals surface area contributed by atoms with Gasteiger partial charge >= 0.3 is 5.97 Å². The molecule has 0 rings (SSSR count). The Kier molecular flexibility index (Phi) is 29.5. The van der Waals surface area contributed by atoms with Gasteiger partial charge in [0.2, 0.25) is 0 Å². The molecule has 0 heterocycles. The lowest BCUT2D eigenvalue weighted by Crippen LogP contribution is -2.37. The second-order valence-corrected chi connectivity index (χ2v) is 15.0. The van der Waals surface area contributed by atoms with Gasteiger partial charge < -0.3 is 27.9 Å². The molecule has 8 nitrogen and oxygen atoms in total. The van der Waals surface area contributed by atoms with Crippen molar-refractivity contribution in [2.75, 3.05) is 54.1 Å². The van der Waals surface area contributed by atoms with Crippen LogP contribution >= 0.6 is 7.82 Å². The van der Waals surface area contributed by atoms with Crippen LogP contribution in [0.25, 0.3) is 0 Å². The fourth-order valence-corrected chi connectivity index (χ4v) is 5.74. The van der Waals surface area contributed by atoms with Crippen LogP contribution in [0, 0.1) is 0 Å². The maximum Gasteiger partial charge on any atom is 0.306 e. The Morgan fingerprint density at radius 2 is 1.05 bits per heavy atom. The summed E-state index contributed by atoms with van der Waals surface area (Å²) >= 11 is 0. The Hall–Kier alpha value is -0.500. The first kappa shape index (κ1) is 43.5. The van der Waals surface area contributed by atoms with Gasteiger partial charge in [0.15, 0.2) is 0 Å². The van der Waals surface area contributed by atoms with Crippen molar-refractivity contribution in [2.45, 2.75) is 168 Å². The molecule has 9 heteroatoms. The van der Waals surface area contributed by atoms with Gasteiger partial charge in [-0.1, -0.05) is 142 Å². The Morgan fingerprint density at radius 3 is 1.50 bits per heavy atom. The van der Waals surface area contributed by atoms with Gasteiger partial charge in [0.25, 0.3) is 7.82 Å². The molecule has 0 radical (unpaired) electrons. The van der Waals surface area contributed by atoms with Crippen LogP contribution in [0.1, 0.15) is 162 Å². The number of phosphoric ester groups is 1. The molecule has 44 heavy (non-hydrogen) atoms. The predicted octanol–water partition coefficient (Wildman–Crippen LogP) is 9.13. The second kappa shape index (κ2) is 29.9. The van der Waals surface area contributed by atoms with E-state index in [1.807, 2.05) is 21.1 Å². The van der Waals surface area contributed by atoms with Crippen LogP contribution in [-0.2, 0) is 27.9 Å². The lowest BCUT2D eigenvalue weighted by Gasteiger charge is -2.28. The number of hydrogen-bond acceptors (Lipinski definition) is 7. The summed E-state index contributed by atoms with van der Waals surface area (Å²) < 4.78 is 34.3. The molecule has 264 valence electrons. The van der Waals surface area contributed by atoms with E-state index in [0.29, 0.717) is 24.1 Å². The summed E-state index contributed by atoms with van der Waals surface area (Å²) in [5, 5.41) is 0. The fourth-order valence-electron chi connectivity index (χ4n) is 5.02. The van der Waals surface area contributed by atoms with Crippen LogP contribution in [0.15, 0.2) is 0 Å². The van der Waals surface area contributed by atoms with Crippen LogP contribution in [0.5, 0.6) is 0 Å². The van der Waals surface area contributed by atoms with Gasteiger partial charge in [-0.25, -0.2) is 0 Å². The van der Waals surface area contributed by atoms with E-state index in [4.69, 9.17) is 18.5 Å². The molecule has 0 aromatic rings. The zero-order chi connectivity index (χ0) is 32.8. The number of likely N-dealkylation sites (N-methyl/N-ethyl adjacent to an activating group) is 1. The summed E-state index contributed by atoms with van der Waals surface area (Å²) in [7, 11) is 1.37. The molecular weight excluding hydrogens is 577 g/mol. The quantitative estimate of drug-likeness (QED) is 0.0297. The lowest BCUT2D eigenvalue weighted by molar-refractivity contribution is -0.870. The molecule has 0 aliphatic carbocycles. The van der Waals surface area contributed by atoms with E-state index in [1.54, 1.807) is 0 Å². The van der Waals surface area contributed by atoms with Gasteiger partial charge in [-0.15, -0.1) is 0 Å². The average Bonchev–Trinajstić information content (AvgIpc) is 2.96. The molecule has 0 saturated carbocycles. The molecule has 0 amide bonds. The van der Waals surface area contributed by atoms with Crippen LogP contribution in [0.2, 0.25) is 0 Å². The lowest BCUT2D eigenvalue weighted by atomic mass is 10.0. The first-order valence-electron chi connectivity index (χ1n) is 18.3. The average molecular weight is 650 g/mol. The number of rotatable bonds is 34. The zero-order valence-corrected chi connectivity index (χ0v) is 30.5. The number of carbonyl (C=O) groups is 1. The molecule has 0 saturated heterocycles. The number of ether oxygens (including phenoxy) is 2. The van der Waals surface area contributed by atoms with E-state index in [1.165, 1.54) is 109 Å². The number of carbonyl (C=O) groups excluding carboxylic acids is 1. The predicted molar refractivity (Wildman–Crippen MR) is 181 cm³/mol. The van der Waals surface area contributed by atoms with Crippen molar-refractivity contribution in [2.24, 2.45) is 0 Å². The minimum absolute atomic E-state index is 0.0307. The highest BCUT2D eigenvalue weighted by Gasteiger charge is 2.20. The maximum absolute atomic E-state index is 12.5. The summed E-state index contributed by atoms with van der Waals surface area (Å²) in [6.45, 7) is 5.41. The molecular formula is C35H72NO7P. The molecule has 0 aromatic carbocycles. The first-order valence-corrected chi connectivity index (χ1v) is 19.7. The van der Waals surface area contributed by atoms with Gasteiger partial charge in [-0.3, -0.25) is 9.36 Å². The summed E-state index contributed by atoms with van der Waals surface area (Å²) in [6.07, 6.45) is 26.7. The van der Waals surface area contributed by atoms with Crippen molar-refractivity contribution in [3.63, 3.8) is 0 Å². The molecule has 2 unspecified atom stereocenters. The van der Waals surface area contributed by atoms with Crippen LogP contribution in [0.3, 0.4) is 0 Å². The van der Waals surface area contributed by atoms with Crippen molar-refractivity contribution in [1.82, 2.24) is 0 Å². The number of quaternary nitrogens is 1. The summed E-state index contributed by atoms with van der Waals surface area (Å²) in [5.41, 5.74) is 0. The molecule has 0 fully saturated rings. The molecule has 0 aromatic heterocycles. The van der Waals surface area contributed by atoms with Crippen LogP contribution in [0.4, 0.5) is 0 Å². The third-order valence-electron chi connectivity index (χ3n) is 7.91. The van der Waals surface area contributed by atoms with Gasteiger partial charge in [0, 0.05) is 13.0 Å². The number of esters is 1. The second-order valence-electron chi connectivity index (χ2n) is 13.6. The highest BCUT2D eigenvalue weighted by Crippen LogP contribution is 2.38. The Morgan fingerprint density at radius 1 is 0.614 bits per heavy atom. The molecule has 0 aliphatic heterocycles. The Bertz CT molecular complexity index is 686. The first-order chi connectivity index (χ1) is 21.1. The van der Waals surface area contributed by atoms with Crippen LogP contribution in [-0.4, -0.2) is 70.7 Å². The topological polar surface area (TPSA) is 94.1 Å². The molecule has 0 bridgehead atoms. The summed E-state index contributed by atoms with van der Waals surface area (Å²) in [4.78, 5) is 24.8. The highest BCUT2D eigenvalue weighted by molar-refractivity contribution is 7.45. The molecule has 0 N–H and O–H groups in total. The third-order valence-corrected chi connectivity index (χ3v) is 8.87. The number of nitrogens with zero attached hydrogens (tertiary/aromatic N) is 1. The van der Waals surface area contributed by atoms with Crippen molar-refractivity contribution in [1.29, 1.82) is 0 Å². The minimum atomic E-state index is -4.50. The normalized spacial score (nSPS) is 14.0. The van der Waals surface area contributed by atoms with Crippen molar-refractivity contribution >= 4 is 13.8 Å². The van der Waals surface area contributed by atoms with E-state index in [-0.39, 0.29) is 25.8 Å². The van der Waals surface area contributed by atoms with Crippen LogP contribution < -0.4 is 4.89 Å². The monoisotopic (exact) mass is 650 g/mol. The maximum atomic E-state index is 12.5. The largest absolute Gasteiger partial charge is 0.756 e. The number of unbranched alkanes of at least 4 members (excludes halogenated alkanes) is 20. The van der Waals surface area contributed by atoms with Gasteiger partial charge in [-0.05, 0) is 12.8 Å². The summed E-state index contributed by atoms with van der Waals surface area (Å²) in [6, 6.07) is 0. The van der Waals surface area contributed by atoms with Crippen molar-refractivity contribution < 1.29 is 37.3 Å². The third kappa shape index (κ3) is 32.9. The molecule has 0 aliphatic rings. The number of hydrogen-bond donors (Lipinski definition) is 0. The highest BCUT2D eigenvalue weighted by atomic mass is 31.2. The number of phosphoric acid groups is 1. The SMILES string of the molecule is CCCCCCCCCCCCCCC(=O)OC(COCCCCCCCCCCCC)COP(=O)([O-])OCC[N+](C)(C)C. The summed E-state index contributed by atoms with van der Waals surface area (Å²) in [5.74, 6) is -0.333. The smallest absolute Gasteiger partial charge is 0.306 e. The van der Waals surface area contributed by atoms with Gasteiger partial charge in [0.05, 0.1) is 34.4 Å². The van der Waals surface area contributed by atoms with Gasteiger partial charge in [0.1, 0.15) is 19.3 Å². The van der Waals surface area contributed by atoms with Crippen molar-refractivity contribution in [3.05, 3.63) is 0 Å². The van der Waals surface area contributed by atoms with E-state index < -0.39 is 13.9 Å². The van der Waals surface area contributed by atoms with E-state index >= 15 is 0 Å². The zero-order valence-electron chi connectivity index (χ0n) is 29.6. The molecule has 2 atom stereocenters. The van der Waals surface area contributed by atoms with Gasteiger partial charge in [-0.2, -0.15) is 0 Å². The molecule has 0 spiro atoms. The van der Waals surface area contributed by atoms with E-state index in [2.05, 4.69) is 13.8 Å². The van der Waals surface area contributed by atoms with E-state index in [9.17, 15) is 14.3 Å². The fraction of sp³-hybridized carbons (Fsp3) is 0.971. The minimum Gasteiger partial charge on any atom is -0.756 e. The van der Waals surface area contributed by atoms with E-state index in [0.717, 1.165) is 32.1 Å². The Labute approximate surface area is 272 Å². The van der Waals surface area contributed by atoms with Crippen molar-refractivity contribution in [3.8, 4) is 0 Å².